The lowest BCUT2D eigenvalue weighted by Gasteiger charge is -2.38. The number of halogens is 1. The summed E-state index contributed by atoms with van der Waals surface area (Å²) in [5.74, 6) is 0.542. The summed E-state index contributed by atoms with van der Waals surface area (Å²) in [7, 11) is 0. The van der Waals surface area contributed by atoms with Crippen molar-refractivity contribution in [2.75, 3.05) is 6.54 Å². The molecule has 0 bridgehead atoms. The third-order valence-corrected chi connectivity index (χ3v) is 4.46. The van der Waals surface area contributed by atoms with E-state index in [1.807, 2.05) is 25.1 Å². The molecule has 1 aliphatic heterocycles. The topological polar surface area (TPSA) is 65.9 Å². The number of phenols is 1. The van der Waals surface area contributed by atoms with Crippen LogP contribution in [0.3, 0.4) is 0 Å². The van der Waals surface area contributed by atoms with Gasteiger partial charge in [-0.25, -0.2) is 9.38 Å². The molecule has 3 N–H and O–H groups in total. The van der Waals surface area contributed by atoms with Crippen molar-refractivity contribution in [1.29, 1.82) is 0 Å². The maximum absolute atomic E-state index is 13.5. The Kier molecular flexibility index (Phi) is 5.54. The van der Waals surface area contributed by atoms with Crippen molar-refractivity contribution in [3.8, 4) is 11.5 Å². The maximum atomic E-state index is 13.5. The molecule has 3 rings (SSSR count). The minimum atomic E-state index is -0.638. The Morgan fingerprint density at radius 3 is 2.81 bits per heavy atom. The van der Waals surface area contributed by atoms with Gasteiger partial charge in [0.2, 0.25) is 0 Å². The van der Waals surface area contributed by atoms with Crippen LogP contribution in [-0.4, -0.2) is 23.2 Å². The van der Waals surface area contributed by atoms with Gasteiger partial charge in [-0.2, -0.15) is 0 Å². The maximum Gasteiger partial charge on any atom is 0.192 e. The van der Waals surface area contributed by atoms with Crippen molar-refractivity contribution in [3.05, 3.63) is 59.4 Å². The molecular weight excluding hydrogens is 345 g/mol. The number of aromatic hydroxyl groups is 1. The van der Waals surface area contributed by atoms with E-state index in [1.54, 1.807) is 6.07 Å². The van der Waals surface area contributed by atoms with Crippen LogP contribution in [0.5, 0.6) is 11.5 Å². The molecule has 5 nitrogen and oxygen atoms in total. The van der Waals surface area contributed by atoms with Gasteiger partial charge < -0.3 is 20.5 Å². The van der Waals surface area contributed by atoms with Crippen molar-refractivity contribution in [3.63, 3.8) is 0 Å². The Balaban J connectivity index is 1.80. The largest absolute Gasteiger partial charge is 0.505 e. The summed E-state index contributed by atoms with van der Waals surface area (Å²) in [5, 5.41) is 16.0. The van der Waals surface area contributed by atoms with E-state index in [0.717, 1.165) is 17.7 Å². The second-order valence-corrected chi connectivity index (χ2v) is 7.28. The molecule has 1 heterocycles. The number of rotatable bonds is 4. The van der Waals surface area contributed by atoms with Crippen LogP contribution in [0.2, 0.25) is 0 Å². The average Bonchev–Trinajstić information content (AvgIpc) is 2.61. The van der Waals surface area contributed by atoms with Crippen molar-refractivity contribution in [2.24, 2.45) is 4.99 Å². The first-order valence-electron chi connectivity index (χ1n) is 9.18. The van der Waals surface area contributed by atoms with Crippen molar-refractivity contribution >= 4 is 5.96 Å². The predicted octanol–water partition coefficient (Wildman–Crippen LogP) is 3.89. The third-order valence-electron chi connectivity index (χ3n) is 4.46. The van der Waals surface area contributed by atoms with E-state index in [-0.39, 0.29) is 17.4 Å². The average molecular weight is 371 g/mol. The SMILES string of the molecule is CCNC(=NCc1ccc(O)c(F)c1)NC1CC(C)(C)Oc2ccccc21. The molecule has 1 atom stereocenters. The Morgan fingerprint density at radius 2 is 2.07 bits per heavy atom. The highest BCUT2D eigenvalue weighted by atomic mass is 19.1. The van der Waals surface area contributed by atoms with Gasteiger partial charge in [-0.05, 0) is 44.5 Å². The van der Waals surface area contributed by atoms with Gasteiger partial charge in [0, 0.05) is 18.5 Å². The van der Waals surface area contributed by atoms with Crippen LogP contribution in [0.15, 0.2) is 47.5 Å². The van der Waals surface area contributed by atoms with Crippen LogP contribution in [0, 0.1) is 5.82 Å². The molecule has 2 aromatic carbocycles. The molecule has 0 radical (unpaired) electrons. The lowest BCUT2D eigenvalue weighted by Crippen LogP contribution is -2.45. The highest BCUT2D eigenvalue weighted by Crippen LogP contribution is 2.39. The number of aliphatic imine (C=N–C) groups is 1. The van der Waals surface area contributed by atoms with Crippen LogP contribution in [-0.2, 0) is 6.54 Å². The van der Waals surface area contributed by atoms with Gasteiger partial charge in [-0.15, -0.1) is 0 Å². The number of nitrogens with zero attached hydrogens (tertiary/aromatic N) is 1. The van der Waals surface area contributed by atoms with Crippen LogP contribution < -0.4 is 15.4 Å². The molecule has 144 valence electrons. The highest BCUT2D eigenvalue weighted by molar-refractivity contribution is 5.80. The van der Waals surface area contributed by atoms with E-state index in [0.29, 0.717) is 24.6 Å². The Labute approximate surface area is 159 Å². The zero-order chi connectivity index (χ0) is 19.4. The fraction of sp³-hybridized carbons (Fsp3) is 0.381. The quantitative estimate of drug-likeness (QED) is 0.564. The number of para-hydroxylation sites is 1. The summed E-state index contributed by atoms with van der Waals surface area (Å²) in [5.41, 5.74) is 1.50. The molecule has 0 saturated heterocycles. The van der Waals surface area contributed by atoms with Gasteiger partial charge in [-0.1, -0.05) is 24.3 Å². The minimum absolute atomic E-state index is 0.0549. The first-order chi connectivity index (χ1) is 12.9. The number of nitrogens with one attached hydrogen (secondary N) is 2. The molecule has 27 heavy (non-hydrogen) atoms. The van der Waals surface area contributed by atoms with E-state index in [2.05, 4.69) is 35.5 Å². The molecule has 0 spiro atoms. The van der Waals surface area contributed by atoms with Crippen molar-refractivity contribution in [1.82, 2.24) is 10.6 Å². The van der Waals surface area contributed by atoms with Gasteiger partial charge in [0.05, 0.1) is 12.6 Å². The summed E-state index contributed by atoms with van der Waals surface area (Å²) >= 11 is 0. The second-order valence-electron chi connectivity index (χ2n) is 7.28. The van der Waals surface area contributed by atoms with Gasteiger partial charge in [0.1, 0.15) is 11.4 Å². The molecular formula is C21H26FN3O2. The molecule has 0 aromatic heterocycles. The van der Waals surface area contributed by atoms with Crippen molar-refractivity contribution in [2.45, 2.75) is 45.4 Å². The molecule has 6 heteroatoms. The molecule has 0 amide bonds. The van der Waals surface area contributed by atoms with Crippen LogP contribution in [0.25, 0.3) is 0 Å². The standard InChI is InChI=1S/C21H26FN3O2/c1-4-23-20(24-13-14-9-10-18(26)16(22)11-14)25-17-12-21(2,3)27-19-8-6-5-7-15(17)19/h5-11,17,26H,4,12-13H2,1-3H3,(H2,23,24,25). The molecule has 2 aromatic rings. The van der Waals surface area contributed by atoms with E-state index in [1.165, 1.54) is 12.1 Å². The van der Waals surface area contributed by atoms with Crippen molar-refractivity contribution < 1.29 is 14.2 Å². The van der Waals surface area contributed by atoms with Crippen LogP contribution in [0.1, 0.15) is 44.4 Å². The number of hydrogen-bond donors (Lipinski definition) is 3. The summed E-state index contributed by atoms with van der Waals surface area (Å²) in [4.78, 5) is 4.57. The lowest BCUT2D eigenvalue weighted by molar-refractivity contribution is 0.0694. The summed E-state index contributed by atoms with van der Waals surface area (Å²) in [6, 6.07) is 12.4. The van der Waals surface area contributed by atoms with Gasteiger partial charge in [0.15, 0.2) is 17.5 Å². The van der Waals surface area contributed by atoms with Crippen LogP contribution in [0.4, 0.5) is 4.39 Å². The number of hydrogen-bond acceptors (Lipinski definition) is 3. The number of ether oxygens (including phenoxy) is 1. The van der Waals surface area contributed by atoms with Gasteiger partial charge in [0.25, 0.3) is 0 Å². The van der Waals surface area contributed by atoms with E-state index >= 15 is 0 Å². The molecule has 0 aliphatic carbocycles. The summed E-state index contributed by atoms with van der Waals surface area (Å²) in [6.45, 7) is 7.16. The summed E-state index contributed by atoms with van der Waals surface area (Å²) in [6.07, 6.45) is 0.794. The number of fused-ring (bicyclic) bond motifs is 1. The number of phenolic OH excluding ortho intramolecular Hbond substituents is 1. The molecule has 0 saturated carbocycles. The molecule has 1 aliphatic rings. The second kappa shape index (κ2) is 7.86. The normalized spacial score (nSPS) is 18.4. The Morgan fingerprint density at radius 1 is 1.30 bits per heavy atom. The van der Waals surface area contributed by atoms with E-state index in [4.69, 9.17) is 4.74 Å². The van der Waals surface area contributed by atoms with E-state index < -0.39 is 5.82 Å². The monoisotopic (exact) mass is 371 g/mol. The van der Waals surface area contributed by atoms with Crippen LogP contribution >= 0.6 is 0 Å². The Hall–Kier alpha value is -2.76. The fourth-order valence-corrected chi connectivity index (χ4v) is 3.24. The number of benzene rings is 2. The first-order valence-corrected chi connectivity index (χ1v) is 9.18. The minimum Gasteiger partial charge on any atom is -0.505 e. The third kappa shape index (κ3) is 4.70. The first kappa shape index (κ1) is 19.0. The lowest BCUT2D eigenvalue weighted by atomic mass is 9.90. The molecule has 1 unspecified atom stereocenters. The number of guanidine groups is 1. The molecule has 0 fully saturated rings. The zero-order valence-electron chi connectivity index (χ0n) is 15.9. The fourth-order valence-electron chi connectivity index (χ4n) is 3.24. The Bertz CT molecular complexity index is 836. The summed E-state index contributed by atoms with van der Waals surface area (Å²) < 4.78 is 19.6. The van der Waals surface area contributed by atoms with Gasteiger partial charge >= 0.3 is 0 Å². The predicted molar refractivity (Wildman–Crippen MR) is 105 cm³/mol. The zero-order valence-corrected chi connectivity index (χ0v) is 15.9. The van der Waals surface area contributed by atoms with E-state index in [9.17, 15) is 9.50 Å². The smallest absolute Gasteiger partial charge is 0.192 e. The van der Waals surface area contributed by atoms with Gasteiger partial charge in [-0.3, -0.25) is 0 Å². The highest BCUT2D eigenvalue weighted by Gasteiger charge is 2.33.